The molecule has 0 aliphatic rings. The summed E-state index contributed by atoms with van der Waals surface area (Å²) in [5.41, 5.74) is 7.06. The van der Waals surface area contributed by atoms with E-state index in [9.17, 15) is 4.79 Å². The van der Waals surface area contributed by atoms with Crippen molar-refractivity contribution in [2.24, 2.45) is 0 Å². The summed E-state index contributed by atoms with van der Waals surface area (Å²) in [5, 5.41) is 7.10. The van der Waals surface area contributed by atoms with Gasteiger partial charge in [0.05, 0.1) is 16.8 Å². The first-order valence-corrected chi connectivity index (χ1v) is 12.6. The number of hydrogen-bond donors (Lipinski definition) is 2. The largest absolute Gasteiger partial charge is 0.369 e. The fourth-order valence-electron chi connectivity index (χ4n) is 4.25. The summed E-state index contributed by atoms with van der Waals surface area (Å²) in [4.78, 5) is 26.0. The normalized spacial score (nSPS) is 11.9. The summed E-state index contributed by atoms with van der Waals surface area (Å²) >= 11 is 1.79. The second-order valence-electron chi connectivity index (χ2n) is 8.32. The number of aryl methyl sites for hydroxylation is 2. The molecular weight excluding hydrogens is 442 g/mol. The van der Waals surface area contributed by atoms with Gasteiger partial charge in [-0.05, 0) is 37.3 Å². The Morgan fingerprint density at radius 1 is 1.06 bits per heavy atom. The number of thioether (sulfide) groups is 1. The van der Waals surface area contributed by atoms with Gasteiger partial charge in [0.2, 0.25) is 0 Å². The molecule has 1 amide bonds. The molecule has 2 N–H and O–H groups in total. The van der Waals surface area contributed by atoms with E-state index in [0.29, 0.717) is 12.1 Å². The zero-order valence-corrected chi connectivity index (χ0v) is 20.7. The van der Waals surface area contributed by atoms with Crippen molar-refractivity contribution in [1.29, 1.82) is 0 Å². The molecule has 174 valence electrons. The van der Waals surface area contributed by atoms with Crippen LogP contribution in [0.25, 0.3) is 22.2 Å². The summed E-state index contributed by atoms with van der Waals surface area (Å²) in [5.74, 6) is 1.78. The van der Waals surface area contributed by atoms with Crippen molar-refractivity contribution in [3.05, 3.63) is 83.3 Å². The van der Waals surface area contributed by atoms with Crippen LogP contribution in [0, 0.1) is 13.8 Å². The van der Waals surface area contributed by atoms with Crippen LogP contribution in [0.3, 0.4) is 0 Å². The third-order valence-corrected chi connectivity index (χ3v) is 6.67. The maximum absolute atomic E-state index is 12.4. The molecule has 0 bridgehead atoms. The number of para-hydroxylation sites is 1. The number of nitrogens with zero attached hydrogens (tertiary/aromatic N) is 3. The zero-order chi connectivity index (χ0) is 24.1. The van der Waals surface area contributed by atoms with Gasteiger partial charge in [0, 0.05) is 48.5 Å². The first-order valence-electron chi connectivity index (χ1n) is 11.2. The minimum atomic E-state index is -0.107. The molecule has 0 aliphatic heterocycles. The molecule has 0 saturated carbocycles. The number of rotatable bonds is 8. The lowest BCUT2D eigenvalue weighted by atomic mass is 9.95. The Labute approximate surface area is 204 Å². The number of benzene rings is 2. The van der Waals surface area contributed by atoms with Crippen LogP contribution >= 0.6 is 11.8 Å². The first kappa shape index (κ1) is 23.7. The maximum atomic E-state index is 12.4. The topological polar surface area (TPSA) is 79.8 Å². The van der Waals surface area contributed by atoms with Gasteiger partial charge in [-0.2, -0.15) is 11.8 Å². The molecule has 4 rings (SSSR count). The van der Waals surface area contributed by atoms with Crippen molar-refractivity contribution in [2.45, 2.75) is 19.8 Å². The van der Waals surface area contributed by atoms with Gasteiger partial charge in [0.1, 0.15) is 12.1 Å². The lowest BCUT2D eigenvalue weighted by Crippen LogP contribution is -2.19. The van der Waals surface area contributed by atoms with Crippen LogP contribution < -0.4 is 10.6 Å². The average molecular weight is 472 g/mol. The predicted octanol–water partition coefficient (Wildman–Crippen LogP) is 5.23. The van der Waals surface area contributed by atoms with Crippen molar-refractivity contribution in [3.8, 4) is 11.3 Å². The van der Waals surface area contributed by atoms with E-state index in [1.807, 2.05) is 18.2 Å². The second kappa shape index (κ2) is 10.7. The molecule has 7 heteroatoms. The Balaban J connectivity index is 1.62. The van der Waals surface area contributed by atoms with Gasteiger partial charge < -0.3 is 10.6 Å². The fraction of sp³-hybridized carbons (Fsp3) is 0.259. The Bertz CT molecular complexity index is 1320. The average Bonchev–Trinajstić information content (AvgIpc) is 2.85. The molecule has 2 heterocycles. The number of fused-ring (bicyclic) bond motifs is 1. The van der Waals surface area contributed by atoms with Crippen molar-refractivity contribution in [2.75, 3.05) is 30.9 Å². The van der Waals surface area contributed by atoms with Crippen LogP contribution in [-0.4, -0.2) is 46.5 Å². The number of amides is 1. The van der Waals surface area contributed by atoms with Gasteiger partial charge in [-0.25, -0.2) is 9.97 Å². The molecule has 2 aromatic carbocycles. The Morgan fingerprint density at radius 3 is 2.68 bits per heavy atom. The molecule has 0 spiro atoms. The molecule has 0 radical (unpaired) electrons. The van der Waals surface area contributed by atoms with Gasteiger partial charge in [0.15, 0.2) is 0 Å². The number of pyridine rings is 1. The second-order valence-corrected chi connectivity index (χ2v) is 9.23. The summed E-state index contributed by atoms with van der Waals surface area (Å²) < 4.78 is 0. The van der Waals surface area contributed by atoms with Crippen molar-refractivity contribution in [1.82, 2.24) is 20.3 Å². The van der Waals surface area contributed by atoms with Gasteiger partial charge in [-0.1, -0.05) is 42.0 Å². The Hall–Kier alpha value is -3.45. The highest BCUT2D eigenvalue weighted by molar-refractivity contribution is 7.98. The number of carbonyl (C=O) groups excluding carboxylic acids is 1. The quantitative estimate of drug-likeness (QED) is 0.366. The van der Waals surface area contributed by atoms with Crippen LogP contribution in [0.5, 0.6) is 0 Å². The van der Waals surface area contributed by atoms with Crippen LogP contribution in [0.1, 0.15) is 33.0 Å². The number of aromatic nitrogens is 3. The lowest BCUT2D eigenvalue weighted by molar-refractivity contribution is 0.0964. The number of nitrogens with one attached hydrogen (secondary N) is 2. The van der Waals surface area contributed by atoms with Gasteiger partial charge in [0.25, 0.3) is 5.91 Å². The summed E-state index contributed by atoms with van der Waals surface area (Å²) in [6.45, 7) is 4.89. The standard InChI is InChI=1S/C27H29N5OS/c1-17-8-9-20(18(2)12-17)24-13-25(32-16-31-24)30-14-19(15-34-4)21-6-5-7-22-23(27(33)28-3)10-11-29-26(21)22/h5-13,16,19H,14-15H2,1-4H3,(H,28,33)(H,30,31,32). The highest BCUT2D eigenvalue weighted by Gasteiger charge is 2.18. The van der Waals surface area contributed by atoms with Crippen LogP contribution in [0.4, 0.5) is 5.82 Å². The molecule has 1 atom stereocenters. The molecule has 0 fully saturated rings. The molecule has 34 heavy (non-hydrogen) atoms. The monoisotopic (exact) mass is 471 g/mol. The van der Waals surface area contributed by atoms with Crippen molar-refractivity contribution >= 4 is 34.4 Å². The first-order chi connectivity index (χ1) is 16.5. The van der Waals surface area contributed by atoms with E-state index < -0.39 is 0 Å². The van der Waals surface area contributed by atoms with E-state index in [-0.39, 0.29) is 11.8 Å². The van der Waals surface area contributed by atoms with E-state index in [1.54, 1.807) is 37.4 Å². The molecule has 4 aromatic rings. The highest BCUT2D eigenvalue weighted by atomic mass is 32.2. The van der Waals surface area contributed by atoms with Crippen molar-refractivity contribution < 1.29 is 4.79 Å². The summed E-state index contributed by atoms with van der Waals surface area (Å²) in [7, 11) is 1.65. The minimum absolute atomic E-state index is 0.107. The Morgan fingerprint density at radius 2 is 1.91 bits per heavy atom. The minimum Gasteiger partial charge on any atom is -0.369 e. The lowest BCUT2D eigenvalue weighted by Gasteiger charge is -2.20. The summed E-state index contributed by atoms with van der Waals surface area (Å²) in [6, 6.07) is 16.2. The van der Waals surface area contributed by atoms with E-state index in [0.717, 1.165) is 39.3 Å². The number of hydrogen-bond acceptors (Lipinski definition) is 6. The van der Waals surface area contributed by atoms with E-state index in [1.165, 1.54) is 11.1 Å². The molecule has 2 aromatic heterocycles. The number of carbonyl (C=O) groups is 1. The maximum Gasteiger partial charge on any atom is 0.251 e. The summed E-state index contributed by atoms with van der Waals surface area (Å²) in [6.07, 6.45) is 5.42. The zero-order valence-electron chi connectivity index (χ0n) is 19.9. The molecule has 0 saturated heterocycles. The molecule has 1 unspecified atom stereocenters. The van der Waals surface area contributed by atoms with Gasteiger partial charge >= 0.3 is 0 Å². The molecule has 0 aliphatic carbocycles. The van der Waals surface area contributed by atoms with Crippen LogP contribution in [-0.2, 0) is 0 Å². The SMILES string of the molecule is CNC(=O)c1ccnc2c(C(CNc3cc(-c4ccc(C)cc4C)ncn3)CSC)cccc12. The third-order valence-electron chi connectivity index (χ3n) is 5.94. The number of anilines is 1. The molecular formula is C27H29N5OS. The Kier molecular flexibility index (Phi) is 7.43. The predicted molar refractivity (Wildman–Crippen MR) is 142 cm³/mol. The smallest absolute Gasteiger partial charge is 0.251 e. The van der Waals surface area contributed by atoms with E-state index in [2.05, 4.69) is 70.0 Å². The third kappa shape index (κ3) is 5.04. The van der Waals surface area contributed by atoms with Crippen LogP contribution in [0.2, 0.25) is 0 Å². The van der Waals surface area contributed by atoms with Crippen LogP contribution in [0.15, 0.2) is 61.1 Å². The molecule has 6 nitrogen and oxygen atoms in total. The fourth-order valence-corrected chi connectivity index (χ4v) is 4.95. The van der Waals surface area contributed by atoms with Gasteiger partial charge in [-0.3, -0.25) is 9.78 Å². The van der Waals surface area contributed by atoms with Gasteiger partial charge in [-0.15, -0.1) is 0 Å². The van der Waals surface area contributed by atoms with E-state index >= 15 is 0 Å². The van der Waals surface area contributed by atoms with E-state index in [4.69, 9.17) is 0 Å². The van der Waals surface area contributed by atoms with Crippen molar-refractivity contribution in [3.63, 3.8) is 0 Å². The highest BCUT2D eigenvalue weighted by Crippen LogP contribution is 2.29.